The minimum Gasteiger partial charge on any atom is -0.317 e. The summed E-state index contributed by atoms with van der Waals surface area (Å²) in [6, 6.07) is 2.03. The van der Waals surface area contributed by atoms with E-state index in [1.54, 1.807) is 18.0 Å². The molecule has 0 aliphatic carbocycles. The Hall–Kier alpha value is -1.65. The maximum Gasteiger partial charge on any atom is 0.120 e. The van der Waals surface area contributed by atoms with Crippen LogP contribution in [0.15, 0.2) is 28.6 Å². The molecule has 0 radical (unpaired) electrons. The van der Waals surface area contributed by atoms with Crippen molar-refractivity contribution in [1.29, 1.82) is 0 Å². The lowest BCUT2D eigenvalue weighted by molar-refractivity contribution is 0.979. The summed E-state index contributed by atoms with van der Waals surface area (Å²) in [5.74, 6) is 0. The van der Waals surface area contributed by atoms with E-state index in [-0.39, 0.29) is 0 Å². The fourth-order valence-electron chi connectivity index (χ4n) is 1.69. The molecule has 82 valence electrons. The Balaban J connectivity index is 2.62. The summed E-state index contributed by atoms with van der Waals surface area (Å²) >= 11 is 1.61. The van der Waals surface area contributed by atoms with Gasteiger partial charge in [-0.3, -0.25) is 0 Å². The van der Waals surface area contributed by atoms with E-state index in [9.17, 15) is 0 Å². The molecule has 0 aromatic carbocycles. The van der Waals surface area contributed by atoms with Gasteiger partial charge in [-0.15, -0.1) is 11.8 Å². The predicted molar refractivity (Wildman–Crippen MR) is 64.6 cm³/mol. The fraction of sp³-hybridized carbons (Fsp3) is 0.300. The van der Waals surface area contributed by atoms with Crippen LogP contribution >= 0.6 is 11.8 Å². The van der Waals surface area contributed by atoms with E-state index in [1.807, 2.05) is 25.4 Å². The summed E-state index contributed by atoms with van der Waals surface area (Å²) in [4.78, 5) is 7.08. The number of nitrogens with zero attached hydrogens (tertiary/aromatic N) is 5. The maximum absolute atomic E-state index is 8.33. The van der Waals surface area contributed by atoms with Gasteiger partial charge in [0, 0.05) is 23.0 Å². The Morgan fingerprint density at radius 1 is 1.62 bits per heavy atom. The van der Waals surface area contributed by atoms with Crippen molar-refractivity contribution in [3.63, 3.8) is 0 Å². The first-order valence-electron chi connectivity index (χ1n) is 4.78. The van der Waals surface area contributed by atoms with Gasteiger partial charge in [-0.05, 0) is 30.3 Å². The summed E-state index contributed by atoms with van der Waals surface area (Å²) in [5.41, 5.74) is 11.5. The van der Waals surface area contributed by atoms with Crippen LogP contribution in [0.1, 0.15) is 11.3 Å². The van der Waals surface area contributed by atoms with Gasteiger partial charge >= 0.3 is 0 Å². The molecule has 16 heavy (non-hydrogen) atoms. The van der Waals surface area contributed by atoms with E-state index in [1.165, 1.54) is 0 Å². The average Bonchev–Trinajstić information content (AvgIpc) is 2.64. The third kappa shape index (κ3) is 1.73. The van der Waals surface area contributed by atoms with Crippen LogP contribution in [0.25, 0.3) is 16.0 Å². The summed E-state index contributed by atoms with van der Waals surface area (Å²) < 4.78 is 2.07. The van der Waals surface area contributed by atoms with Crippen molar-refractivity contribution in [1.82, 2.24) is 9.38 Å². The third-order valence-corrected chi connectivity index (χ3v) is 3.22. The van der Waals surface area contributed by atoms with Crippen LogP contribution in [0.5, 0.6) is 0 Å². The molecule has 0 atom stereocenters. The second kappa shape index (κ2) is 4.47. The first-order valence-corrected chi connectivity index (χ1v) is 6.00. The Kier molecular flexibility index (Phi) is 3.03. The second-order valence-corrected chi connectivity index (χ2v) is 4.13. The number of hydrogen-bond donors (Lipinski definition) is 0. The van der Waals surface area contributed by atoms with Crippen LogP contribution in [0.4, 0.5) is 0 Å². The summed E-state index contributed by atoms with van der Waals surface area (Å²) in [7, 11) is 0. The number of aromatic nitrogens is 2. The van der Waals surface area contributed by atoms with Crippen molar-refractivity contribution >= 4 is 17.3 Å². The Morgan fingerprint density at radius 3 is 3.12 bits per heavy atom. The molecule has 0 fully saturated rings. The van der Waals surface area contributed by atoms with Crippen molar-refractivity contribution in [2.45, 2.75) is 18.5 Å². The molecule has 2 heterocycles. The average molecular weight is 233 g/mol. The normalized spacial score (nSPS) is 10.4. The van der Waals surface area contributed by atoms with E-state index < -0.39 is 0 Å². The Bertz CT molecular complexity index is 568. The van der Waals surface area contributed by atoms with Crippen LogP contribution in [-0.4, -0.2) is 15.6 Å². The van der Waals surface area contributed by atoms with Crippen LogP contribution in [0.3, 0.4) is 0 Å². The lowest BCUT2D eigenvalue weighted by atomic mass is 10.2. The molecule has 2 rings (SSSR count). The molecule has 0 aliphatic rings. The van der Waals surface area contributed by atoms with E-state index >= 15 is 0 Å². The van der Waals surface area contributed by atoms with Crippen LogP contribution < -0.4 is 0 Å². The van der Waals surface area contributed by atoms with Crippen molar-refractivity contribution < 1.29 is 0 Å². The Labute approximate surface area is 97.1 Å². The van der Waals surface area contributed by atoms with Crippen LogP contribution in [0.2, 0.25) is 0 Å². The van der Waals surface area contributed by atoms with Gasteiger partial charge in [-0.25, -0.2) is 4.98 Å². The lowest BCUT2D eigenvalue weighted by Crippen LogP contribution is -1.91. The van der Waals surface area contributed by atoms with Crippen LogP contribution in [0, 0.1) is 6.92 Å². The molecule has 0 unspecified atom stereocenters. The van der Waals surface area contributed by atoms with Gasteiger partial charge < -0.3 is 4.40 Å². The van der Waals surface area contributed by atoms with E-state index in [2.05, 4.69) is 19.4 Å². The van der Waals surface area contributed by atoms with E-state index in [0.717, 1.165) is 21.8 Å². The van der Waals surface area contributed by atoms with Crippen LogP contribution in [-0.2, 0) is 6.54 Å². The van der Waals surface area contributed by atoms with Crippen molar-refractivity contribution in [3.8, 4) is 0 Å². The highest BCUT2D eigenvalue weighted by atomic mass is 32.2. The standard InChI is InChI=1S/C10H11N5S/c1-7-8(6-13-14-11)5-9-10(16-2)12-3-4-15(7)9/h3-5H,6H2,1-2H3. The monoisotopic (exact) mass is 233 g/mol. The second-order valence-electron chi connectivity index (χ2n) is 3.34. The molecule has 0 amide bonds. The molecule has 2 aromatic heterocycles. The zero-order valence-electron chi connectivity index (χ0n) is 9.08. The molecular formula is C10H11N5S. The van der Waals surface area contributed by atoms with Gasteiger partial charge in [0.05, 0.1) is 12.1 Å². The number of rotatable bonds is 3. The third-order valence-electron chi connectivity index (χ3n) is 2.52. The highest BCUT2D eigenvalue weighted by Gasteiger charge is 2.08. The molecule has 0 saturated heterocycles. The predicted octanol–water partition coefficient (Wildman–Crippen LogP) is 3.17. The molecule has 0 N–H and O–H groups in total. The quantitative estimate of drug-likeness (QED) is 0.353. The van der Waals surface area contributed by atoms with Gasteiger partial charge in [-0.1, -0.05) is 5.11 Å². The minimum atomic E-state index is 0.387. The van der Waals surface area contributed by atoms with Gasteiger partial charge in [0.2, 0.25) is 0 Å². The van der Waals surface area contributed by atoms with E-state index in [0.29, 0.717) is 6.54 Å². The fourth-order valence-corrected chi connectivity index (χ4v) is 2.22. The molecule has 5 nitrogen and oxygen atoms in total. The van der Waals surface area contributed by atoms with Gasteiger partial charge in [0.15, 0.2) is 0 Å². The van der Waals surface area contributed by atoms with Crippen molar-refractivity contribution in [3.05, 3.63) is 40.2 Å². The first-order chi connectivity index (χ1) is 7.77. The molecule has 0 saturated carbocycles. The molecule has 0 aliphatic heterocycles. The number of fused-ring (bicyclic) bond motifs is 1. The topological polar surface area (TPSA) is 66.1 Å². The number of hydrogen-bond acceptors (Lipinski definition) is 3. The summed E-state index contributed by atoms with van der Waals surface area (Å²) in [5, 5.41) is 4.58. The highest BCUT2D eigenvalue weighted by Crippen LogP contribution is 2.24. The van der Waals surface area contributed by atoms with Crippen molar-refractivity contribution in [2.75, 3.05) is 6.26 Å². The SMILES string of the molecule is CSc1nccn2c(C)c(CN=[N+]=[N-])cc12. The van der Waals surface area contributed by atoms with E-state index in [4.69, 9.17) is 5.53 Å². The summed E-state index contributed by atoms with van der Waals surface area (Å²) in [6.45, 7) is 2.40. The largest absolute Gasteiger partial charge is 0.317 e. The molecule has 2 aromatic rings. The Morgan fingerprint density at radius 2 is 2.44 bits per heavy atom. The van der Waals surface area contributed by atoms with Gasteiger partial charge in [-0.2, -0.15) is 0 Å². The summed E-state index contributed by atoms with van der Waals surface area (Å²) in [6.07, 6.45) is 5.70. The number of thioether (sulfide) groups is 1. The first kappa shape index (κ1) is 10.9. The highest BCUT2D eigenvalue weighted by molar-refractivity contribution is 7.98. The molecular weight excluding hydrogens is 222 g/mol. The lowest BCUT2D eigenvalue weighted by Gasteiger charge is -2.00. The minimum absolute atomic E-state index is 0.387. The smallest absolute Gasteiger partial charge is 0.120 e. The maximum atomic E-state index is 8.33. The zero-order chi connectivity index (χ0) is 11.5. The van der Waals surface area contributed by atoms with Gasteiger partial charge in [0.1, 0.15) is 5.03 Å². The number of aryl methyl sites for hydroxylation is 1. The molecule has 6 heteroatoms. The van der Waals surface area contributed by atoms with Crippen molar-refractivity contribution in [2.24, 2.45) is 5.11 Å². The zero-order valence-corrected chi connectivity index (χ0v) is 9.90. The molecule has 0 spiro atoms. The van der Waals surface area contributed by atoms with Gasteiger partial charge in [0.25, 0.3) is 0 Å². The number of azide groups is 1. The molecule has 0 bridgehead atoms.